The Bertz CT molecular complexity index is 576. The van der Waals surface area contributed by atoms with Gasteiger partial charge in [0.25, 0.3) is 0 Å². The van der Waals surface area contributed by atoms with Crippen molar-refractivity contribution in [2.75, 3.05) is 53.5 Å². The van der Waals surface area contributed by atoms with E-state index in [2.05, 4.69) is 28.9 Å². The molecule has 2 heterocycles. The number of likely N-dealkylation sites (N-methyl/N-ethyl adjacent to an activating group) is 1. The van der Waals surface area contributed by atoms with Crippen molar-refractivity contribution in [3.8, 4) is 0 Å². The monoisotopic (exact) mass is 345 g/mol. The summed E-state index contributed by atoms with van der Waals surface area (Å²) >= 11 is 0. The van der Waals surface area contributed by atoms with Crippen molar-refractivity contribution < 1.29 is 9.53 Å². The van der Waals surface area contributed by atoms with Crippen molar-refractivity contribution in [3.63, 3.8) is 0 Å². The molecule has 2 aliphatic heterocycles. The lowest BCUT2D eigenvalue weighted by molar-refractivity contribution is -0.138. The van der Waals surface area contributed by atoms with Crippen LogP contribution in [0.5, 0.6) is 0 Å². The van der Waals surface area contributed by atoms with Gasteiger partial charge in [-0.25, -0.2) is 0 Å². The minimum absolute atomic E-state index is 0.193. The van der Waals surface area contributed by atoms with Crippen molar-refractivity contribution in [1.82, 2.24) is 14.7 Å². The zero-order valence-electron chi connectivity index (χ0n) is 15.8. The third kappa shape index (κ3) is 4.22. The first-order valence-electron chi connectivity index (χ1n) is 9.40. The van der Waals surface area contributed by atoms with E-state index in [1.165, 1.54) is 5.56 Å². The smallest absolute Gasteiger partial charge is 0.244 e. The van der Waals surface area contributed by atoms with Gasteiger partial charge in [-0.2, -0.15) is 0 Å². The number of nitrogens with zero attached hydrogens (tertiary/aromatic N) is 3. The molecule has 5 nitrogen and oxygen atoms in total. The Balaban J connectivity index is 1.65. The first-order chi connectivity index (χ1) is 12.1. The summed E-state index contributed by atoms with van der Waals surface area (Å²) in [6.07, 6.45) is 2.14. The SMILES string of the molecule is Cc1ccccc1[C@H](C(=O)N1CCC(N2CCOCC2)CC1)N(C)C. The number of morpholine rings is 1. The number of aryl methyl sites for hydroxylation is 1. The number of carbonyl (C=O) groups is 1. The fraction of sp³-hybridized carbons (Fsp3) is 0.650. The molecule has 5 heteroatoms. The predicted octanol–water partition coefficient (Wildman–Crippen LogP) is 1.92. The summed E-state index contributed by atoms with van der Waals surface area (Å²) in [5.41, 5.74) is 2.30. The maximum absolute atomic E-state index is 13.2. The normalized spacial score (nSPS) is 21.5. The van der Waals surface area contributed by atoms with Crippen LogP contribution < -0.4 is 0 Å². The summed E-state index contributed by atoms with van der Waals surface area (Å²) in [5, 5.41) is 0. The molecule has 2 aliphatic rings. The number of benzene rings is 1. The van der Waals surface area contributed by atoms with E-state index in [9.17, 15) is 4.79 Å². The van der Waals surface area contributed by atoms with Crippen LogP contribution in [-0.4, -0.2) is 80.1 Å². The van der Waals surface area contributed by atoms with Crippen LogP contribution in [0.3, 0.4) is 0 Å². The van der Waals surface area contributed by atoms with Crippen molar-refractivity contribution in [1.29, 1.82) is 0 Å². The number of carbonyl (C=O) groups excluding carboxylic acids is 1. The van der Waals surface area contributed by atoms with Crippen molar-refractivity contribution >= 4 is 5.91 Å². The average molecular weight is 345 g/mol. The lowest BCUT2D eigenvalue weighted by Crippen LogP contribution is -2.51. The fourth-order valence-corrected chi connectivity index (χ4v) is 4.09. The zero-order valence-corrected chi connectivity index (χ0v) is 15.8. The van der Waals surface area contributed by atoms with Gasteiger partial charge in [0.05, 0.1) is 13.2 Å². The molecule has 0 aliphatic carbocycles. The second kappa shape index (κ2) is 8.30. The van der Waals surface area contributed by atoms with Crippen LogP contribution in [0, 0.1) is 6.92 Å². The maximum Gasteiger partial charge on any atom is 0.244 e. The Morgan fingerprint density at radius 1 is 1.12 bits per heavy atom. The molecular formula is C20H31N3O2. The zero-order chi connectivity index (χ0) is 17.8. The second-order valence-electron chi connectivity index (χ2n) is 7.43. The summed E-state index contributed by atoms with van der Waals surface area (Å²) in [6, 6.07) is 8.63. The van der Waals surface area contributed by atoms with Crippen molar-refractivity contribution in [2.24, 2.45) is 0 Å². The van der Waals surface area contributed by atoms with Crippen LogP contribution in [0.1, 0.15) is 30.0 Å². The first kappa shape index (κ1) is 18.4. The van der Waals surface area contributed by atoms with Gasteiger partial charge >= 0.3 is 0 Å². The van der Waals surface area contributed by atoms with Crippen LogP contribution in [0.2, 0.25) is 0 Å². The highest BCUT2D eigenvalue weighted by molar-refractivity contribution is 5.83. The van der Waals surface area contributed by atoms with E-state index in [-0.39, 0.29) is 11.9 Å². The third-order valence-electron chi connectivity index (χ3n) is 5.57. The molecule has 0 bridgehead atoms. The van der Waals surface area contributed by atoms with Gasteiger partial charge in [-0.1, -0.05) is 24.3 Å². The van der Waals surface area contributed by atoms with Gasteiger partial charge < -0.3 is 9.64 Å². The molecule has 2 fully saturated rings. The summed E-state index contributed by atoms with van der Waals surface area (Å²) in [4.78, 5) is 19.9. The van der Waals surface area contributed by atoms with Crippen LogP contribution in [0.25, 0.3) is 0 Å². The van der Waals surface area contributed by atoms with E-state index < -0.39 is 0 Å². The van der Waals surface area contributed by atoms with Crippen LogP contribution in [-0.2, 0) is 9.53 Å². The molecule has 1 amide bonds. The lowest BCUT2D eigenvalue weighted by atomic mass is 9.97. The molecule has 0 N–H and O–H groups in total. The van der Waals surface area contributed by atoms with Crippen LogP contribution in [0.15, 0.2) is 24.3 Å². The molecule has 2 saturated heterocycles. The van der Waals surface area contributed by atoms with Gasteiger partial charge in [-0.05, 0) is 45.0 Å². The molecule has 1 atom stereocenters. The van der Waals surface area contributed by atoms with Crippen LogP contribution in [0.4, 0.5) is 0 Å². The summed E-state index contributed by atoms with van der Waals surface area (Å²) < 4.78 is 5.46. The molecule has 138 valence electrons. The highest BCUT2D eigenvalue weighted by Crippen LogP contribution is 2.26. The molecule has 1 aromatic rings. The van der Waals surface area contributed by atoms with Gasteiger partial charge in [0, 0.05) is 32.2 Å². The Labute approximate surface area is 151 Å². The minimum Gasteiger partial charge on any atom is -0.379 e. The molecular weight excluding hydrogens is 314 g/mol. The van der Waals surface area contributed by atoms with E-state index in [0.717, 1.165) is 57.8 Å². The maximum atomic E-state index is 13.2. The van der Waals surface area contributed by atoms with E-state index >= 15 is 0 Å². The highest BCUT2D eigenvalue weighted by Gasteiger charge is 2.33. The van der Waals surface area contributed by atoms with Gasteiger partial charge in [0.2, 0.25) is 5.91 Å². The number of likely N-dealkylation sites (tertiary alicyclic amines) is 1. The second-order valence-corrected chi connectivity index (χ2v) is 7.43. The first-order valence-corrected chi connectivity index (χ1v) is 9.40. The van der Waals surface area contributed by atoms with Gasteiger partial charge in [-0.15, -0.1) is 0 Å². The van der Waals surface area contributed by atoms with Gasteiger partial charge in [0.1, 0.15) is 6.04 Å². The Morgan fingerprint density at radius 2 is 1.76 bits per heavy atom. The van der Waals surface area contributed by atoms with E-state index in [4.69, 9.17) is 4.74 Å². The topological polar surface area (TPSA) is 36.0 Å². The number of amides is 1. The number of hydrogen-bond donors (Lipinski definition) is 0. The molecule has 0 saturated carbocycles. The predicted molar refractivity (Wildman–Crippen MR) is 99.6 cm³/mol. The molecule has 0 aromatic heterocycles. The van der Waals surface area contributed by atoms with Gasteiger partial charge in [-0.3, -0.25) is 14.6 Å². The van der Waals surface area contributed by atoms with Gasteiger partial charge in [0.15, 0.2) is 0 Å². The molecule has 0 spiro atoms. The fourth-order valence-electron chi connectivity index (χ4n) is 4.09. The van der Waals surface area contributed by atoms with Crippen molar-refractivity contribution in [2.45, 2.75) is 31.8 Å². The average Bonchev–Trinajstić information content (AvgIpc) is 2.64. The number of piperidine rings is 1. The van der Waals surface area contributed by atoms with Crippen molar-refractivity contribution in [3.05, 3.63) is 35.4 Å². The molecule has 0 radical (unpaired) electrons. The third-order valence-corrected chi connectivity index (χ3v) is 5.57. The number of rotatable bonds is 4. The Kier molecular flexibility index (Phi) is 6.10. The summed E-state index contributed by atoms with van der Waals surface area (Å²) in [6.45, 7) is 7.55. The standard InChI is InChI=1S/C20H31N3O2/c1-16-6-4-5-7-18(16)19(21(2)3)20(24)23-10-8-17(9-11-23)22-12-14-25-15-13-22/h4-7,17,19H,8-15H2,1-3H3/t19-/m1/s1. The number of hydrogen-bond acceptors (Lipinski definition) is 4. The highest BCUT2D eigenvalue weighted by atomic mass is 16.5. The Hall–Kier alpha value is -1.43. The van der Waals surface area contributed by atoms with Crippen LogP contribution >= 0.6 is 0 Å². The minimum atomic E-state index is -0.193. The lowest BCUT2D eigenvalue weighted by Gasteiger charge is -2.41. The summed E-state index contributed by atoms with van der Waals surface area (Å²) in [7, 11) is 3.99. The molecule has 0 unspecified atom stereocenters. The van der Waals surface area contributed by atoms with E-state index in [1.807, 2.05) is 31.1 Å². The Morgan fingerprint density at radius 3 is 2.36 bits per heavy atom. The largest absolute Gasteiger partial charge is 0.379 e. The molecule has 3 rings (SSSR count). The van der Waals surface area contributed by atoms with E-state index in [1.54, 1.807) is 0 Å². The summed E-state index contributed by atoms with van der Waals surface area (Å²) in [5.74, 6) is 0.236. The molecule has 1 aromatic carbocycles. The van der Waals surface area contributed by atoms with E-state index in [0.29, 0.717) is 6.04 Å². The molecule has 25 heavy (non-hydrogen) atoms. The number of ether oxygens (including phenoxy) is 1. The quantitative estimate of drug-likeness (QED) is 0.835.